The summed E-state index contributed by atoms with van der Waals surface area (Å²) in [7, 11) is 0. The number of amides is 1. The summed E-state index contributed by atoms with van der Waals surface area (Å²) < 4.78 is 0. The van der Waals surface area contributed by atoms with Gasteiger partial charge in [0.25, 0.3) is 11.5 Å². The van der Waals surface area contributed by atoms with Gasteiger partial charge in [-0.2, -0.15) is 0 Å². The van der Waals surface area contributed by atoms with Gasteiger partial charge in [-0.3, -0.25) is 9.59 Å². The smallest absolute Gasteiger partial charge is 0.259 e. The van der Waals surface area contributed by atoms with Crippen LogP contribution >= 0.6 is 0 Å². The molecule has 2 heterocycles. The van der Waals surface area contributed by atoms with Crippen molar-refractivity contribution in [1.82, 2.24) is 4.98 Å². The largest absolute Gasteiger partial charge is 0.322 e. The Morgan fingerprint density at radius 1 is 0.905 bits per heavy atom. The van der Waals surface area contributed by atoms with Gasteiger partial charge < -0.3 is 9.88 Å². The number of anilines is 1. The first-order valence-corrected chi connectivity index (χ1v) is 6.76. The Morgan fingerprint density at radius 3 is 2.43 bits per heavy atom. The zero-order chi connectivity index (χ0) is 14.4. The van der Waals surface area contributed by atoms with Crippen molar-refractivity contribution in [2.45, 2.75) is 6.54 Å². The predicted octanol–water partition coefficient (Wildman–Crippen LogP) is 2.69. The fourth-order valence-electron chi connectivity index (χ4n) is 2.86. The maximum absolute atomic E-state index is 12.7. The van der Waals surface area contributed by atoms with Crippen molar-refractivity contribution in [2.75, 3.05) is 4.90 Å². The molecule has 1 amide bonds. The first kappa shape index (κ1) is 11.9. The predicted molar refractivity (Wildman–Crippen MR) is 81.5 cm³/mol. The molecule has 0 spiro atoms. The number of aromatic amines is 1. The van der Waals surface area contributed by atoms with E-state index in [1.165, 1.54) is 0 Å². The lowest BCUT2D eigenvalue weighted by atomic mass is 10.1. The first-order valence-electron chi connectivity index (χ1n) is 6.76. The maximum Gasteiger partial charge on any atom is 0.259 e. The highest BCUT2D eigenvalue weighted by Crippen LogP contribution is 2.30. The quantitative estimate of drug-likeness (QED) is 0.743. The van der Waals surface area contributed by atoms with Crippen molar-refractivity contribution in [3.05, 3.63) is 76.1 Å². The van der Waals surface area contributed by atoms with Crippen LogP contribution in [0.1, 0.15) is 15.9 Å². The van der Waals surface area contributed by atoms with Crippen molar-refractivity contribution in [3.8, 4) is 0 Å². The SMILES string of the molecule is O=C1c2c(c(=O)[nH]c3ccccc23)CN1c1ccccc1. The van der Waals surface area contributed by atoms with Crippen LogP contribution in [0.3, 0.4) is 0 Å². The highest BCUT2D eigenvalue weighted by molar-refractivity contribution is 6.17. The van der Waals surface area contributed by atoms with E-state index in [1.807, 2.05) is 54.6 Å². The molecule has 0 radical (unpaired) electrons. The van der Waals surface area contributed by atoms with Crippen LogP contribution in [0.15, 0.2) is 59.4 Å². The first-order chi connectivity index (χ1) is 10.3. The Morgan fingerprint density at radius 2 is 1.62 bits per heavy atom. The van der Waals surface area contributed by atoms with Crippen molar-refractivity contribution in [2.24, 2.45) is 0 Å². The van der Waals surface area contributed by atoms with Crippen molar-refractivity contribution in [3.63, 3.8) is 0 Å². The molecule has 0 fully saturated rings. The summed E-state index contributed by atoms with van der Waals surface area (Å²) in [4.78, 5) is 29.4. The van der Waals surface area contributed by atoms with Gasteiger partial charge in [0, 0.05) is 16.6 Å². The van der Waals surface area contributed by atoms with Crippen LogP contribution < -0.4 is 10.5 Å². The monoisotopic (exact) mass is 276 g/mol. The van der Waals surface area contributed by atoms with E-state index in [1.54, 1.807) is 4.90 Å². The Kier molecular flexibility index (Phi) is 2.44. The third-order valence-electron chi connectivity index (χ3n) is 3.86. The van der Waals surface area contributed by atoms with E-state index in [4.69, 9.17) is 0 Å². The molecule has 1 aliphatic rings. The van der Waals surface area contributed by atoms with Crippen LogP contribution in [0.5, 0.6) is 0 Å². The van der Waals surface area contributed by atoms with E-state index >= 15 is 0 Å². The number of nitrogens with zero attached hydrogens (tertiary/aromatic N) is 1. The van der Waals surface area contributed by atoms with Crippen molar-refractivity contribution in [1.29, 1.82) is 0 Å². The number of hydrogen-bond acceptors (Lipinski definition) is 2. The van der Waals surface area contributed by atoms with Gasteiger partial charge >= 0.3 is 0 Å². The molecule has 0 saturated carbocycles. The highest BCUT2D eigenvalue weighted by Gasteiger charge is 2.32. The fraction of sp³-hybridized carbons (Fsp3) is 0.0588. The third kappa shape index (κ3) is 1.69. The normalized spacial score (nSPS) is 13.7. The van der Waals surface area contributed by atoms with Gasteiger partial charge in [0.1, 0.15) is 0 Å². The van der Waals surface area contributed by atoms with E-state index in [9.17, 15) is 9.59 Å². The molecule has 0 saturated heterocycles. The molecule has 4 nitrogen and oxygen atoms in total. The average Bonchev–Trinajstić information content (AvgIpc) is 2.87. The number of aromatic nitrogens is 1. The average molecular weight is 276 g/mol. The summed E-state index contributed by atoms with van der Waals surface area (Å²) in [5.74, 6) is -0.113. The molecule has 21 heavy (non-hydrogen) atoms. The molecular formula is C17H12N2O2. The van der Waals surface area contributed by atoms with Gasteiger partial charge in [-0.15, -0.1) is 0 Å². The van der Waals surface area contributed by atoms with Crippen LogP contribution in [-0.2, 0) is 6.54 Å². The molecule has 1 N–H and O–H groups in total. The number of H-pyrrole nitrogens is 1. The van der Waals surface area contributed by atoms with Crippen LogP contribution in [0.25, 0.3) is 10.9 Å². The number of hydrogen-bond donors (Lipinski definition) is 1. The Balaban J connectivity index is 1.96. The minimum atomic E-state index is -0.185. The Labute approximate surface area is 120 Å². The highest BCUT2D eigenvalue weighted by atomic mass is 16.2. The minimum absolute atomic E-state index is 0.113. The molecule has 0 atom stereocenters. The molecule has 2 aromatic carbocycles. The number of fused-ring (bicyclic) bond motifs is 3. The van der Waals surface area contributed by atoms with E-state index in [0.29, 0.717) is 23.2 Å². The second-order valence-electron chi connectivity index (χ2n) is 5.08. The number of rotatable bonds is 1. The Hall–Kier alpha value is -2.88. The van der Waals surface area contributed by atoms with Crippen LogP contribution in [0.2, 0.25) is 0 Å². The molecule has 4 rings (SSSR count). The number of carbonyl (C=O) groups is 1. The number of benzene rings is 2. The van der Waals surface area contributed by atoms with E-state index in [2.05, 4.69) is 4.98 Å². The van der Waals surface area contributed by atoms with E-state index in [-0.39, 0.29) is 11.5 Å². The standard InChI is InChI=1S/C17H12N2O2/c20-16-13-10-19(11-6-2-1-3-7-11)17(21)15(13)12-8-4-5-9-14(12)18-16/h1-9H,10H2,(H,18,20). The van der Waals surface area contributed by atoms with Gasteiger partial charge in [0.05, 0.1) is 17.7 Å². The summed E-state index contributed by atoms with van der Waals surface area (Å²) in [6.07, 6.45) is 0. The second-order valence-corrected chi connectivity index (χ2v) is 5.08. The molecule has 3 aromatic rings. The molecule has 1 aliphatic heterocycles. The molecule has 0 bridgehead atoms. The van der Waals surface area contributed by atoms with Crippen molar-refractivity contribution >= 4 is 22.5 Å². The molecule has 102 valence electrons. The topological polar surface area (TPSA) is 53.2 Å². The number of pyridine rings is 1. The van der Waals surface area contributed by atoms with Crippen LogP contribution in [0, 0.1) is 0 Å². The van der Waals surface area contributed by atoms with Gasteiger partial charge in [-0.25, -0.2) is 0 Å². The second kappa shape index (κ2) is 4.31. The van der Waals surface area contributed by atoms with Gasteiger partial charge in [0.15, 0.2) is 0 Å². The third-order valence-corrected chi connectivity index (χ3v) is 3.86. The van der Waals surface area contributed by atoms with Gasteiger partial charge in [-0.1, -0.05) is 36.4 Å². The lowest BCUT2D eigenvalue weighted by Crippen LogP contribution is -2.23. The number of para-hydroxylation sites is 2. The van der Waals surface area contributed by atoms with Gasteiger partial charge in [0.2, 0.25) is 0 Å². The summed E-state index contributed by atoms with van der Waals surface area (Å²) in [5, 5.41) is 0.801. The van der Waals surface area contributed by atoms with E-state index < -0.39 is 0 Å². The number of carbonyl (C=O) groups excluding carboxylic acids is 1. The van der Waals surface area contributed by atoms with Gasteiger partial charge in [-0.05, 0) is 18.2 Å². The summed E-state index contributed by atoms with van der Waals surface area (Å²) in [6, 6.07) is 16.8. The Bertz CT molecular complexity index is 913. The van der Waals surface area contributed by atoms with Crippen molar-refractivity contribution < 1.29 is 4.79 Å². The zero-order valence-electron chi connectivity index (χ0n) is 11.2. The van der Waals surface area contributed by atoms with E-state index in [0.717, 1.165) is 11.1 Å². The minimum Gasteiger partial charge on any atom is -0.322 e. The lowest BCUT2D eigenvalue weighted by molar-refractivity contribution is 0.0998. The number of nitrogens with one attached hydrogen (secondary N) is 1. The fourth-order valence-corrected chi connectivity index (χ4v) is 2.86. The van der Waals surface area contributed by atoms with Crippen LogP contribution in [0.4, 0.5) is 5.69 Å². The molecule has 4 heteroatoms. The molecule has 1 aromatic heterocycles. The summed E-state index contributed by atoms with van der Waals surface area (Å²) in [6.45, 7) is 0.318. The maximum atomic E-state index is 12.7. The summed E-state index contributed by atoms with van der Waals surface area (Å²) in [5.41, 5.74) is 2.39. The lowest BCUT2D eigenvalue weighted by Gasteiger charge is -2.15. The zero-order valence-corrected chi connectivity index (χ0v) is 11.2. The molecule has 0 unspecified atom stereocenters. The summed E-state index contributed by atoms with van der Waals surface area (Å²) >= 11 is 0. The molecular weight excluding hydrogens is 264 g/mol. The molecule has 0 aliphatic carbocycles. The van der Waals surface area contributed by atoms with Crippen LogP contribution in [-0.4, -0.2) is 10.9 Å².